The highest BCUT2D eigenvalue weighted by atomic mass is 16.5. The van der Waals surface area contributed by atoms with Crippen molar-refractivity contribution in [2.75, 3.05) is 38.7 Å². The molecule has 1 aromatic heterocycles. The van der Waals surface area contributed by atoms with Crippen molar-refractivity contribution in [1.82, 2.24) is 10.1 Å². The molecule has 4 rings (SSSR count). The molecule has 0 atom stereocenters. The van der Waals surface area contributed by atoms with E-state index in [0.29, 0.717) is 23.6 Å². The maximum atomic E-state index is 13.3. The summed E-state index contributed by atoms with van der Waals surface area (Å²) >= 11 is 0. The highest BCUT2D eigenvalue weighted by molar-refractivity contribution is 6.09. The summed E-state index contributed by atoms with van der Waals surface area (Å²) in [5.74, 6) is 1.39. The molecule has 1 aromatic carbocycles. The predicted octanol–water partition coefficient (Wildman–Crippen LogP) is 2.92. The predicted molar refractivity (Wildman–Crippen MR) is 99.1 cm³/mol. The van der Waals surface area contributed by atoms with Crippen LogP contribution in [0.1, 0.15) is 40.2 Å². The number of anilines is 1. The number of amides is 1. The van der Waals surface area contributed by atoms with E-state index in [4.69, 9.17) is 9.26 Å². The summed E-state index contributed by atoms with van der Waals surface area (Å²) < 4.78 is 10.7. The van der Waals surface area contributed by atoms with Gasteiger partial charge in [0.1, 0.15) is 17.1 Å². The van der Waals surface area contributed by atoms with E-state index < -0.39 is 0 Å². The van der Waals surface area contributed by atoms with Crippen LogP contribution in [0.5, 0.6) is 5.75 Å². The number of aromatic nitrogens is 1. The first-order valence-electron chi connectivity index (χ1n) is 9.07. The van der Waals surface area contributed by atoms with Crippen LogP contribution >= 0.6 is 0 Å². The third-order valence-corrected chi connectivity index (χ3v) is 5.96. The Morgan fingerprint density at radius 1 is 1.27 bits per heavy atom. The number of ether oxygens (including phenoxy) is 1. The normalized spacial score (nSPS) is 19.0. The fourth-order valence-electron chi connectivity index (χ4n) is 4.35. The van der Waals surface area contributed by atoms with E-state index in [-0.39, 0.29) is 11.3 Å². The zero-order valence-electron chi connectivity index (χ0n) is 15.8. The lowest BCUT2D eigenvalue weighted by Gasteiger charge is -2.38. The van der Waals surface area contributed by atoms with Crippen molar-refractivity contribution in [3.63, 3.8) is 0 Å². The zero-order chi connectivity index (χ0) is 18.5. The molecule has 2 aliphatic rings. The highest BCUT2D eigenvalue weighted by Crippen LogP contribution is 2.48. The van der Waals surface area contributed by atoms with Crippen molar-refractivity contribution >= 4 is 11.6 Å². The van der Waals surface area contributed by atoms with Crippen molar-refractivity contribution in [3.05, 3.63) is 40.8 Å². The minimum Gasteiger partial charge on any atom is -0.497 e. The first-order chi connectivity index (χ1) is 12.4. The van der Waals surface area contributed by atoms with Crippen molar-refractivity contribution in [3.8, 4) is 5.75 Å². The van der Waals surface area contributed by atoms with E-state index in [1.165, 1.54) is 5.56 Å². The molecule has 2 aromatic rings. The number of aryl methyl sites for hydroxylation is 2. The molecule has 2 aliphatic heterocycles. The van der Waals surface area contributed by atoms with Gasteiger partial charge in [0.05, 0.1) is 12.8 Å². The molecule has 1 saturated heterocycles. The summed E-state index contributed by atoms with van der Waals surface area (Å²) in [6, 6.07) is 6.05. The Kier molecular flexibility index (Phi) is 4.03. The maximum absolute atomic E-state index is 13.3. The van der Waals surface area contributed by atoms with Crippen LogP contribution in [-0.4, -0.2) is 49.8 Å². The number of hydrogen-bond donors (Lipinski definition) is 0. The number of rotatable bonds is 2. The SMILES string of the molecule is COc1ccc2c(c1)C1(CCN(C)CC1)CN2C(=O)c1c(C)noc1C. The quantitative estimate of drug-likeness (QED) is 0.829. The molecule has 6 nitrogen and oxygen atoms in total. The van der Waals surface area contributed by atoms with Crippen LogP contribution in [0, 0.1) is 13.8 Å². The number of carbonyl (C=O) groups excluding carboxylic acids is 1. The van der Waals surface area contributed by atoms with Gasteiger partial charge in [-0.1, -0.05) is 5.16 Å². The first kappa shape index (κ1) is 17.1. The minimum absolute atomic E-state index is 0.00891. The maximum Gasteiger partial charge on any atom is 0.263 e. The van der Waals surface area contributed by atoms with Gasteiger partial charge in [-0.05, 0) is 70.6 Å². The van der Waals surface area contributed by atoms with Crippen LogP contribution in [0.4, 0.5) is 5.69 Å². The second-order valence-electron chi connectivity index (χ2n) is 7.56. The van der Waals surface area contributed by atoms with Crippen molar-refractivity contribution < 1.29 is 14.1 Å². The number of carbonyl (C=O) groups is 1. The fourth-order valence-corrected chi connectivity index (χ4v) is 4.35. The van der Waals surface area contributed by atoms with E-state index in [0.717, 1.165) is 37.4 Å². The van der Waals surface area contributed by atoms with Gasteiger partial charge in [0.2, 0.25) is 0 Å². The van der Waals surface area contributed by atoms with Gasteiger partial charge < -0.3 is 19.1 Å². The van der Waals surface area contributed by atoms with Gasteiger partial charge in [-0.25, -0.2) is 0 Å². The van der Waals surface area contributed by atoms with E-state index in [1.54, 1.807) is 14.0 Å². The molecule has 1 amide bonds. The number of likely N-dealkylation sites (tertiary alicyclic amines) is 1. The van der Waals surface area contributed by atoms with Gasteiger partial charge in [-0.3, -0.25) is 4.79 Å². The number of hydrogen-bond acceptors (Lipinski definition) is 5. The van der Waals surface area contributed by atoms with E-state index in [2.05, 4.69) is 23.2 Å². The lowest BCUT2D eigenvalue weighted by molar-refractivity contribution is 0.0977. The first-order valence-corrected chi connectivity index (χ1v) is 9.07. The van der Waals surface area contributed by atoms with Gasteiger partial charge in [0, 0.05) is 17.6 Å². The Labute approximate surface area is 153 Å². The third-order valence-electron chi connectivity index (χ3n) is 5.96. The lowest BCUT2D eigenvalue weighted by Crippen LogP contribution is -2.45. The second-order valence-corrected chi connectivity index (χ2v) is 7.56. The number of methoxy groups -OCH3 is 1. The summed E-state index contributed by atoms with van der Waals surface area (Å²) in [6.07, 6.45) is 2.07. The Morgan fingerprint density at radius 3 is 2.62 bits per heavy atom. The Bertz CT molecular complexity index is 830. The summed E-state index contributed by atoms with van der Waals surface area (Å²) in [6.45, 7) is 6.38. The summed E-state index contributed by atoms with van der Waals surface area (Å²) in [5.41, 5.74) is 3.43. The van der Waals surface area contributed by atoms with Gasteiger partial charge in [0.25, 0.3) is 5.91 Å². The molecule has 0 radical (unpaired) electrons. The van der Waals surface area contributed by atoms with E-state index in [1.807, 2.05) is 24.0 Å². The highest BCUT2D eigenvalue weighted by Gasteiger charge is 2.46. The van der Waals surface area contributed by atoms with Gasteiger partial charge >= 0.3 is 0 Å². The van der Waals surface area contributed by atoms with Crippen LogP contribution in [0.25, 0.3) is 0 Å². The van der Waals surface area contributed by atoms with Crippen molar-refractivity contribution in [1.29, 1.82) is 0 Å². The van der Waals surface area contributed by atoms with Crippen LogP contribution in [-0.2, 0) is 5.41 Å². The van der Waals surface area contributed by atoms with E-state index >= 15 is 0 Å². The van der Waals surface area contributed by atoms with Crippen LogP contribution in [0.15, 0.2) is 22.7 Å². The summed E-state index contributed by atoms with van der Waals surface area (Å²) in [7, 11) is 3.84. The van der Waals surface area contributed by atoms with Crippen LogP contribution in [0.2, 0.25) is 0 Å². The van der Waals surface area contributed by atoms with Crippen LogP contribution < -0.4 is 9.64 Å². The summed E-state index contributed by atoms with van der Waals surface area (Å²) in [5, 5.41) is 3.96. The van der Waals surface area contributed by atoms with Crippen molar-refractivity contribution in [2.45, 2.75) is 32.1 Å². The molecule has 6 heteroatoms. The van der Waals surface area contributed by atoms with E-state index in [9.17, 15) is 4.79 Å². The number of fused-ring (bicyclic) bond motifs is 2. The molecule has 3 heterocycles. The minimum atomic E-state index is -0.0246. The van der Waals surface area contributed by atoms with Gasteiger partial charge in [-0.15, -0.1) is 0 Å². The lowest BCUT2D eigenvalue weighted by atomic mass is 9.74. The standard InChI is InChI=1S/C20H25N3O3/c1-13-18(14(2)26-21-13)19(24)23-12-20(7-9-22(3)10-8-20)16-11-15(25-4)5-6-17(16)23/h5-6,11H,7-10,12H2,1-4H3. The average Bonchev–Trinajstić information content (AvgIpc) is 3.14. The molecule has 0 saturated carbocycles. The molecule has 0 bridgehead atoms. The fraction of sp³-hybridized carbons (Fsp3) is 0.500. The molecule has 1 spiro atoms. The number of nitrogens with zero attached hydrogens (tertiary/aromatic N) is 3. The monoisotopic (exact) mass is 355 g/mol. The molecule has 138 valence electrons. The Balaban J connectivity index is 1.78. The third kappa shape index (κ3) is 2.51. The molecule has 0 N–H and O–H groups in total. The second kappa shape index (κ2) is 6.13. The van der Waals surface area contributed by atoms with Gasteiger partial charge in [0.15, 0.2) is 0 Å². The molecule has 1 fully saturated rings. The number of piperidine rings is 1. The topological polar surface area (TPSA) is 58.8 Å². The van der Waals surface area contributed by atoms with Gasteiger partial charge in [-0.2, -0.15) is 0 Å². The summed E-state index contributed by atoms with van der Waals surface area (Å²) in [4.78, 5) is 17.6. The largest absolute Gasteiger partial charge is 0.497 e. The smallest absolute Gasteiger partial charge is 0.263 e. The zero-order valence-corrected chi connectivity index (χ0v) is 15.8. The molecular formula is C20H25N3O3. The van der Waals surface area contributed by atoms with Crippen LogP contribution in [0.3, 0.4) is 0 Å². The number of benzene rings is 1. The Morgan fingerprint density at radius 2 is 2.00 bits per heavy atom. The molecule has 26 heavy (non-hydrogen) atoms. The molecule has 0 aliphatic carbocycles. The molecule has 0 unspecified atom stereocenters. The average molecular weight is 355 g/mol. The van der Waals surface area contributed by atoms with Crippen molar-refractivity contribution in [2.24, 2.45) is 0 Å². The Hall–Kier alpha value is -2.34. The molecular weight excluding hydrogens is 330 g/mol.